The largest absolute Gasteiger partial charge is 0.352 e. The minimum Gasteiger partial charge on any atom is -0.349 e. The number of carbonyl (C=O) groups excluding carboxylic acids is 2. The Morgan fingerprint density at radius 1 is 1.05 bits per heavy atom. The van der Waals surface area contributed by atoms with E-state index in [9.17, 15) is 19.2 Å². The van der Waals surface area contributed by atoms with Gasteiger partial charge in [0.1, 0.15) is 6.54 Å². The number of nitrogens with zero attached hydrogens (tertiary/aromatic N) is 4. The summed E-state index contributed by atoms with van der Waals surface area (Å²) in [7, 11) is 0. The standard InChI is InChI=1S/C28H32N6O4/c1-4-13-32-26(37)21-11-10-19(25(36)29-20-7-5-6-8-20)15-23(21)34-27(32)31-33(28(34)38)16-24(35)30-22-12-9-17(2)14-18(22)3/h9-12,14-15,20H,4-8,13,16H2,1-3H3,(H,29,36)(H,30,35). The van der Waals surface area contributed by atoms with Gasteiger partial charge in [0.2, 0.25) is 11.7 Å². The van der Waals surface area contributed by atoms with Crippen molar-refractivity contribution >= 4 is 34.2 Å². The number of carbonyl (C=O) groups is 2. The van der Waals surface area contributed by atoms with Crippen LogP contribution in [0, 0.1) is 13.8 Å². The average molecular weight is 517 g/mol. The van der Waals surface area contributed by atoms with Gasteiger partial charge in [0.05, 0.1) is 10.9 Å². The first-order chi connectivity index (χ1) is 18.3. The molecule has 0 spiro atoms. The fourth-order valence-electron chi connectivity index (χ4n) is 5.20. The number of benzene rings is 2. The highest BCUT2D eigenvalue weighted by Crippen LogP contribution is 2.20. The molecule has 4 aromatic rings. The molecule has 1 aliphatic carbocycles. The molecule has 1 saturated carbocycles. The fourth-order valence-corrected chi connectivity index (χ4v) is 5.20. The van der Waals surface area contributed by atoms with E-state index in [1.807, 2.05) is 39.0 Å². The van der Waals surface area contributed by atoms with Crippen molar-refractivity contribution in [3.8, 4) is 0 Å². The third-order valence-corrected chi connectivity index (χ3v) is 7.13. The predicted octanol–water partition coefficient (Wildman–Crippen LogP) is 3.15. The van der Waals surface area contributed by atoms with Crippen molar-refractivity contribution < 1.29 is 9.59 Å². The molecule has 1 aliphatic rings. The Morgan fingerprint density at radius 3 is 2.53 bits per heavy atom. The maximum atomic E-state index is 13.5. The molecule has 0 atom stereocenters. The number of nitrogens with one attached hydrogen (secondary N) is 2. The molecule has 0 aliphatic heterocycles. The lowest BCUT2D eigenvalue weighted by atomic mass is 10.1. The summed E-state index contributed by atoms with van der Waals surface area (Å²) >= 11 is 0. The highest BCUT2D eigenvalue weighted by atomic mass is 16.2. The zero-order valence-corrected chi connectivity index (χ0v) is 21.9. The van der Waals surface area contributed by atoms with Crippen LogP contribution >= 0.6 is 0 Å². The van der Waals surface area contributed by atoms with Gasteiger partial charge in [0.15, 0.2) is 0 Å². The second-order valence-corrected chi connectivity index (χ2v) is 10.1. The average Bonchev–Trinajstić information content (AvgIpc) is 3.51. The molecule has 0 saturated heterocycles. The monoisotopic (exact) mass is 516 g/mol. The Labute approximate surface area is 219 Å². The first kappa shape index (κ1) is 25.4. The molecule has 10 nitrogen and oxygen atoms in total. The first-order valence-corrected chi connectivity index (χ1v) is 13.1. The Bertz CT molecular complexity index is 1670. The number of fused-ring (bicyclic) bond motifs is 3. The van der Waals surface area contributed by atoms with Crippen molar-refractivity contribution in [1.82, 2.24) is 24.1 Å². The number of amides is 2. The molecule has 198 valence electrons. The summed E-state index contributed by atoms with van der Waals surface area (Å²) in [5, 5.41) is 10.6. The normalized spacial score (nSPS) is 13.9. The van der Waals surface area contributed by atoms with Crippen molar-refractivity contribution in [3.63, 3.8) is 0 Å². The van der Waals surface area contributed by atoms with Crippen LogP contribution in [0.15, 0.2) is 46.0 Å². The highest BCUT2D eigenvalue weighted by molar-refractivity contribution is 5.98. The number of hydrogen-bond acceptors (Lipinski definition) is 5. The van der Waals surface area contributed by atoms with Crippen LogP contribution in [0.3, 0.4) is 0 Å². The molecular formula is C28H32N6O4. The molecule has 2 aromatic carbocycles. The molecule has 0 bridgehead atoms. The van der Waals surface area contributed by atoms with Crippen LogP contribution in [-0.2, 0) is 17.9 Å². The van der Waals surface area contributed by atoms with Gasteiger partial charge in [-0.05, 0) is 62.9 Å². The van der Waals surface area contributed by atoms with E-state index >= 15 is 0 Å². The Morgan fingerprint density at radius 2 is 1.82 bits per heavy atom. The van der Waals surface area contributed by atoms with Crippen LogP contribution in [0.1, 0.15) is 60.5 Å². The van der Waals surface area contributed by atoms with Gasteiger partial charge < -0.3 is 10.6 Å². The lowest BCUT2D eigenvalue weighted by Crippen LogP contribution is -2.33. The summed E-state index contributed by atoms with van der Waals surface area (Å²) in [4.78, 5) is 52.7. The molecule has 5 rings (SSSR count). The van der Waals surface area contributed by atoms with Gasteiger partial charge in [-0.3, -0.25) is 19.0 Å². The lowest BCUT2D eigenvalue weighted by molar-refractivity contribution is -0.117. The molecular weight excluding hydrogens is 484 g/mol. The zero-order valence-electron chi connectivity index (χ0n) is 21.9. The summed E-state index contributed by atoms with van der Waals surface area (Å²) in [6.45, 7) is 5.83. The van der Waals surface area contributed by atoms with Crippen LogP contribution < -0.4 is 21.9 Å². The maximum Gasteiger partial charge on any atom is 0.352 e. The van der Waals surface area contributed by atoms with Crippen LogP contribution in [0.25, 0.3) is 16.7 Å². The summed E-state index contributed by atoms with van der Waals surface area (Å²) < 4.78 is 3.83. The van der Waals surface area contributed by atoms with E-state index < -0.39 is 11.6 Å². The van der Waals surface area contributed by atoms with Crippen LogP contribution in [0.2, 0.25) is 0 Å². The number of aryl methyl sites for hydroxylation is 3. The third-order valence-electron chi connectivity index (χ3n) is 7.13. The van der Waals surface area contributed by atoms with Crippen molar-refractivity contribution in [3.05, 3.63) is 73.9 Å². The van der Waals surface area contributed by atoms with E-state index in [4.69, 9.17) is 0 Å². The van der Waals surface area contributed by atoms with Gasteiger partial charge in [-0.15, -0.1) is 5.10 Å². The van der Waals surface area contributed by atoms with Gasteiger partial charge in [0.25, 0.3) is 11.5 Å². The molecule has 2 amide bonds. The molecule has 0 unspecified atom stereocenters. The van der Waals surface area contributed by atoms with E-state index in [2.05, 4.69) is 15.7 Å². The van der Waals surface area contributed by atoms with E-state index in [0.29, 0.717) is 35.1 Å². The van der Waals surface area contributed by atoms with Crippen LogP contribution in [0.5, 0.6) is 0 Å². The quantitative estimate of drug-likeness (QED) is 0.391. The van der Waals surface area contributed by atoms with E-state index in [-0.39, 0.29) is 29.8 Å². The topological polar surface area (TPSA) is 120 Å². The third kappa shape index (κ3) is 4.73. The summed E-state index contributed by atoms with van der Waals surface area (Å²) in [6, 6.07) is 10.6. The smallest absolute Gasteiger partial charge is 0.349 e. The number of aromatic nitrogens is 4. The zero-order chi connectivity index (χ0) is 27.0. The van der Waals surface area contributed by atoms with Crippen LogP contribution in [0.4, 0.5) is 5.69 Å². The molecule has 38 heavy (non-hydrogen) atoms. The highest BCUT2D eigenvalue weighted by Gasteiger charge is 2.22. The summed E-state index contributed by atoms with van der Waals surface area (Å²) in [5.74, 6) is -0.507. The fraction of sp³-hybridized carbons (Fsp3) is 0.393. The first-order valence-electron chi connectivity index (χ1n) is 13.1. The van der Waals surface area contributed by atoms with Crippen molar-refractivity contribution in [1.29, 1.82) is 0 Å². The molecule has 0 radical (unpaired) electrons. The van der Waals surface area contributed by atoms with Gasteiger partial charge in [-0.2, -0.15) is 0 Å². The van der Waals surface area contributed by atoms with Gasteiger partial charge in [0, 0.05) is 23.8 Å². The predicted molar refractivity (Wildman–Crippen MR) is 146 cm³/mol. The number of rotatable bonds is 7. The Hall–Kier alpha value is -4.21. The van der Waals surface area contributed by atoms with E-state index in [1.165, 1.54) is 8.97 Å². The molecule has 1 fully saturated rings. The number of hydrogen-bond donors (Lipinski definition) is 2. The molecule has 2 heterocycles. The Kier molecular flexibility index (Phi) is 6.88. The minimum atomic E-state index is -0.556. The SMILES string of the molecule is CCCn1c(=O)c2ccc(C(=O)NC3CCCC3)cc2n2c(=O)n(CC(=O)Nc3ccc(C)cc3C)nc12. The van der Waals surface area contributed by atoms with Gasteiger partial charge >= 0.3 is 5.69 Å². The Balaban J connectivity index is 1.56. The van der Waals surface area contributed by atoms with Crippen molar-refractivity contribution in [2.75, 3.05) is 5.32 Å². The van der Waals surface area contributed by atoms with Gasteiger partial charge in [-0.25, -0.2) is 13.9 Å². The molecule has 10 heteroatoms. The van der Waals surface area contributed by atoms with Crippen molar-refractivity contribution in [2.24, 2.45) is 0 Å². The molecule has 2 aromatic heterocycles. The maximum absolute atomic E-state index is 13.5. The van der Waals surface area contributed by atoms with Crippen molar-refractivity contribution in [2.45, 2.75) is 72.0 Å². The van der Waals surface area contributed by atoms with Gasteiger partial charge in [-0.1, -0.05) is 37.5 Å². The van der Waals surface area contributed by atoms with E-state index in [0.717, 1.165) is 41.5 Å². The second-order valence-electron chi connectivity index (χ2n) is 10.1. The van der Waals surface area contributed by atoms with Crippen LogP contribution in [-0.4, -0.2) is 36.6 Å². The minimum absolute atomic E-state index is 0.136. The van der Waals surface area contributed by atoms with E-state index in [1.54, 1.807) is 18.2 Å². The second kappa shape index (κ2) is 10.3. The summed E-state index contributed by atoms with van der Waals surface area (Å²) in [6.07, 6.45) is 4.72. The number of anilines is 1. The molecule has 2 N–H and O–H groups in total. The lowest BCUT2D eigenvalue weighted by Gasteiger charge is -2.13. The summed E-state index contributed by atoms with van der Waals surface area (Å²) in [5.41, 5.74) is 2.45.